The van der Waals surface area contributed by atoms with Crippen molar-refractivity contribution in [3.8, 4) is 5.75 Å². The molecule has 140 valence electrons. The van der Waals surface area contributed by atoms with Gasteiger partial charge in [-0.05, 0) is 36.4 Å². The van der Waals surface area contributed by atoms with Gasteiger partial charge in [0.15, 0.2) is 10.9 Å². The molecule has 27 heavy (non-hydrogen) atoms. The molecular weight excluding hydrogens is 389 g/mol. The fourth-order valence-corrected chi connectivity index (χ4v) is 4.14. The predicted octanol–water partition coefficient (Wildman–Crippen LogP) is 3.14. The Morgan fingerprint density at radius 1 is 1.07 bits per heavy atom. The molecule has 0 radical (unpaired) electrons. The number of halogens is 1. The van der Waals surface area contributed by atoms with Crippen molar-refractivity contribution in [1.29, 1.82) is 0 Å². The van der Waals surface area contributed by atoms with E-state index in [1.54, 1.807) is 11.3 Å². The number of amides is 2. The monoisotopic (exact) mass is 405 g/mol. The fourth-order valence-electron chi connectivity index (χ4n) is 2.06. The molecule has 0 saturated heterocycles. The van der Waals surface area contributed by atoms with Crippen molar-refractivity contribution in [1.82, 2.24) is 15.8 Å². The third kappa shape index (κ3) is 5.93. The summed E-state index contributed by atoms with van der Waals surface area (Å²) < 4.78 is 20.0. The lowest BCUT2D eigenvalue weighted by atomic mass is 10.3. The first kappa shape index (κ1) is 19.1. The number of ether oxygens (including phenoxy) is 1. The Bertz CT molecular complexity index is 898. The highest BCUT2D eigenvalue weighted by atomic mass is 32.2. The summed E-state index contributed by atoms with van der Waals surface area (Å²) in [5, 5.41) is 0. The predicted molar refractivity (Wildman–Crippen MR) is 103 cm³/mol. The molecular formula is C18H16FN3O3S2. The number of fused-ring (bicyclic) bond motifs is 1. The van der Waals surface area contributed by atoms with E-state index in [1.807, 2.05) is 24.3 Å². The average molecular weight is 405 g/mol. The Labute approximate surface area is 163 Å². The van der Waals surface area contributed by atoms with Gasteiger partial charge in [0, 0.05) is 12.2 Å². The number of thioether (sulfide) groups is 1. The highest BCUT2D eigenvalue weighted by Gasteiger charge is 2.08. The van der Waals surface area contributed by atoms with E-state index in [1.165, 1.54) is 36.0 Å². The second-order valence-corrected chi connectivity index (χ2v) is 7.76. The molecule has 6 nitrogen and oxygen atoms in total. The number of thiazole rings is 1. The molecule has 0 aliphatic heterocycles. The molecule has 2 N–H and O–H groups in total. The number of nitrogens with zero attached hydrogens (tertiary/aromatic N) is 1. The van der Waals surface area contributed by atoms with Crippen LogP contribution in [0, 0.1) is 5.82 Å². The maximum Gasteiger partial charge on any atom is 0.276 e. The Balaban J connectivity index is 1.33. The lowest BCUT2D eigenvalue weighted by Crippen LogP contribution is -2.43. The first-order valence-corrected chi connectivity index (χ1v) is 9.85. The summed E-state index contributed by atoms with van der Waals surface area (Å²) in [5.41, 5.74) is 5.55. The molecule has 0 unspecified atom stereocenters. The minimum atomic E-state index is -0.508. The van der Waals surface area contributed by atoms with Crippen molar-refractivity contribution in [2.45, 2.75) is 10.8 Å². The quantitative estimate of drug-likeness (QED) is 0.466. The van der Waals surface area contributed by atoms with Crippen LogP contribution in [0.25, 0.3) is 10.2 Å². The molecule has 2 amide bonds. The summed E-state index contributed by atoms with van der Waals surface area (Å²) in [6, 6.07) is 13.2. The van der Waals surface area contributed by atoms with Gasteiger partial charge >= 0.3 is 0 Å². The van der Waals surface area contributed by atoms with Crippen LogP contribution in [0.2, 0.25) is 0 Å². The number of nitrogens with one attached hydrogen (secondary N) is 2. The summed E-state index contributed by atoms with van der Waals surface area (Å²) in [6.07, 6.45) is 0.236. The van der Waals surface area contributed by atoms with Crippen LogP contribution in [0.15, 0.2) is 52.9 Å². The van der Waals surface area contributed by atoms with Gasteiger partial charge in [0.1, 0.15) is 11.6 Å². The summed E-state index contributed by atoms with van der Waals surface area (Å²) in [7, 11) is 0. The van der Waals surface area contributed by atoms with Gasteiger partial charge < -0.3 is 4.74 Å². The van der Waals surface area contributed by atoms with Crippen molar-refractivity contribution in [2.24, 2.45) is 0 Å². The Morgan fingerprint density at radius 3 is 2.59 bits per heavy atom. The molecule has 0 atom stereocenters. The normalized spacial score (nSPS) is 10.6. The summed E-state index contributed by atoms with van der Waals surface area (Å²) in [6.45, 7) is -0.285. The fraction of sp³-hybridized carbons (Fsp3) is 0.167. The highest BCUT2D eigenvalue weighted by Crippen LogP contribution is 2.29. The van der Waals surface area contributed by atoms with Gasteiger partial charge in [-0.2, -0.15) is 0 Å². The van der Waals surface area contributed by atoms with E-state index in [0.29, 0.717) is 11.5 Å². The van der Waals surface area contributed by atoms with Crippen molar-refractivity contribution >= 4 is 45.1 Å². The second-order valence-electron chi connectivity index (χ2n) is 5.38. The van der Waals surface area contributed by atoms with Crippen LogP contribution < -0.4 is 15.6 Å². The van der Waals surface area contributed by atoms with Gasteiger partial charge in [-0.25, -0.2) is 9.37 Å². The maximum atomic E-state index is 12.8. The number of hydrogen-bond donors (Lipinski definition) is 2. The van der Waals surface area contributed by atoms with Crippen LogP contribution in [-0.4, -0.2) is 29.2 Å². The number of para-hydroxylation sites is 1. The number of benzene rings is 2. The SMILES string of the molecule is O=C(CCSc1nc2ccccc2s1)NNC(=O)COc1ccc(F)cc1. The van der Waals surface area contributed by atoms with E-state index in [9.17, 15) is 14.0 Å². The van der Waals surface area contributed by atoms with Gasteiger partial charge in [0.25, 0.3) is 5.91 Å². The van der Waals surface area contributed by atoms with E-state index < -0.39 is 5.91 Å². The molecule has 0 aliphatic rings. The molecule has 3 rings (SSSR count). The Kier molecular flexibility index (Phi) is 6.61. The average Bonchev–Trinajstić information content (AvgIpc) is 3.08. The molecule has 3 aromatic rings. The van der Waals surface area contributed by atoms with E-state index in [0.717, 1.165) is 14.6 Å². The smallest absolute Gasteiger partial charge is 0.276 e. The summed E-state index contributed by atoms with van der Waals surface area (Å²) in [4.78, 5) is 27.9. The van der Waals surface area contributed by atoms with Crippen molar-refractivity contribution in [2.75, 3.05) is 12.4 Å². The van der Waals surface area contributed by atoms with Crippen LogP contribution in [0.4, 0.5) is 4.39 Å². The van der Waals surface area contributed by atoms with E-state index in [-0.39, 0.29) is 24.8 Å². The molecule has 0 fully saturated rings. The zero-order chi connectivity index (χ0) is 19.1. The zero-order valence-electron chi connectivity index (χ0n) is 14.1. The van der Waals surface area contributed by atoms with Crippen molar-refractivity contribution < 1.29 is 18.7 Å². The number of rotatable bonds is 7. The molecule has 1 aromatic heterocycles. The minimum absolute atomic E-state index is 0.236. The third-order valence-corrected chi connectivity index (χ3v) is 5.53. The standard InChI is InChI=1S/C18H16FN3O3S2/c19-12-5-7-13(8-6-12)25-11-17(24)22-21-16(23)9-10-26-18-20-14-3-1-2-4-15(14)27-18/h1-8H,9-11H2,(H,21,23)(H,22,24). The van der Waals surface area contributed by atoms with Crippen LogP contribution in [0.5, 0.6) is 5.75 Å². The van der Waals surface area contributed by atoms with Crippen LogP contribution in [-0.2, 0) is 9.59 Å². The van der Waals surface area contributed by atoms with Gasteiger partial charge in [0.05, 0.1) is 10.2 Å². The van der Waals surface area contributed by atoms with E-state index in [4.69, 9.17) is 4.74 Å². The first-order valence-electron chi connectivity index (χ1n) is 8.04. The lowest BCUT2D eigenvalue weighted by Gasteiger charge is -2.08. The van der Waals surface area contributed by atoms with Crippen LogP contribution in [0.1, 0.15) is 6.42 Å². The summed E-state index contributed by atoms with van der Waals surface area (Å²) in [5.74, 6) is -0.286. The van der Waals surface area contributed by atoms with Gasteiger partial charge in [-0.3, -0.25) is 20.4 Å². The van der Waals surface area contributed by atoms with Gasteiger partial charge in [-0.15, -0.1) is 11.3 Å². The molecule has 9 heteroatoms. The second kappa shape index (κ2) is 9.33. The topological polar surface area (TPSA) is 80.3 Å². The maximum absolute atomic E-state index is 12.8. The van der Waals surface area contributed by atoms with Crippen LogP contribution >= 0.6 is 23.1 Å². The van der Waals surface area contributed by atoms with Gasteiger partial charge in [-0.1, -0.05) is 23.9 Å². The highest BCUT2D eigenvalue weighted by molar-refractivity contribution is 8.01. The van der Waals surface area contributed by atoms with E-state index >= 15 is 0 Å². The largest absolute Gasteiger partial charge is 0.484 e. The number of carbonyl (C=O) groups excluding carboxylic acids is 2. The minimum Gasteiger partial charge on any atom is -0.484 e. The lowest BCUT2D eigenvalue weighted by molar-refractivity contribution is -0.129. The van der Waals surface area contributed by atoms with Crippen molar-refractivity contribution in [3.63, 3.8) is 0 Å². The zero-order valence-corrected chi connectivity index (χ0v) is 15.7. The van der Waals surface area contributed by atoms with Crippen LogP contribution in [0.3, 0.4) is 0 Å². The summed E-state index contributed by atoms with van der Waals surface area (Å²) >= 11 is 3.08. The first-order chi connectivity index (χ1) is 13.1. The van der Waals surface area contributed by atoms with E-state index in [2.05, 4.69) is 15.8 Å². The Morgan fingerprint density at radius 2 is 1.81 bits per heavy atom. The number of hydrogen-bond acceptors (Lipinski definition) is 6. The molecule has 1 heterocycles. The van der Waals surface area contributed by atoms with Gasteiger partial charge in [0.2, 0.25) is 5.91 Å². The molecule has 2 aromatic carbocycles. The molecule has 0 spiro atoms. The van der Waals surface area contributed by atoms with Crippen molar-refractivity contribution in [3.05, 3.63) is 54.3 Å². The number of hydrazine groups is 1. The Hall–Kier alpha value is -2.65. The molecule has 0 aliphatic carbocycles. The molecule has 0 bridgehead atoms. The number of carbonyl (C=O) groups is 2. The molecule has 0 saturated carbocycles. The third-order valence-electron chi connectivity index (χ3n) is 3.35. The number of aromatic nitrogens is 1.